The quantitative estimate of drug-likeness (QED) is 0.595. The van der Waals surface area contributed by atoms with E-state index in [1.165, 1.54) is 7.11 Å². The summed E-state index contributed by atoms with van der Waals surface area (Å²) in [5, 5.41) is 8.51. The van der Waals surface area contributed by atoms with Gasteiger partial charge in [0.05, 0.1) is 13.2 Å². The van der Waals surface area contributed by atoms with Crippen molar-refractivity contribution in [2.24, 2.45) is 0 Å². The minimum absolute atomic E-state index is 0.110. The Morgan fingerprint density at radius 2 is 2.45 bits per heavy atom. The predicted octanol–water partition coefficient (Wildman–Crippen LogP) is 0.246. The molecule has 0 bridgehead atoms. The van der Waals surface area contributed by atoms with E-state index in [1.807, 2.05) is 0 Å². The Kier molecular flexibility index (Phi) is 4.95. The molecule has 0 aliphatic heterocycles. The van der Waals surface area contributed by atoms with Gasteiger partial charge in [-0.3, -0.25) is 4.90 Å². The fraction of sp³-hybridized carbons (Fsp3) is 0.571. The molecule has 0 aliphatic rings. The van der Waals surface area contributed by atoms with Gasteiger partial charge in [0.25, 0.3) is 0 Å². The van der Waals surface area contributed by atoms with Crippen molar-refractivity contribution < 1.29 is 14.6 Å². The first-order chi connectivity index (χ1) is 5.22. The second-order valence-electron chi connectivity index (χ2n) is 1.90. The first-order valence-corrected chi connectivity index (χ1v) is 3.12. The molecule has 4 nitrogen and oxygen atoms in total. The fourth-order valence-electron chi connectivity index (χ4n) is 0.554. The van der Waals surface area contributed by atoms with Gasteiger partial charge in [0.1, 0.15) is 0 Å². The largest absolute Gasteiger partial charge is 0.465 e. The topological polar surface area (TPSA) is 49.8 Å². The molecule has 0 heterocycles. The van der Waals surface area contributed by atoms with Gasteiger partial charge in [-0.25, -0.2) is 4.79 Å². The van der Waals surface area contributed by atoms with Gasteiger partial charge in [0.2, 0.25) is 0 Å². The molecule has 0 rings (SSSR count). The second-order valence-corrected chi connectivity index (χ2v) is 1.90. The van der Waals surface area contributed by atoms with Crippen molar-refractivity contribution >= 4 is 6.09 Å². The lowest BCUT2D eigenvalue weighted by Gasteiger charge is -2.14. The molecule has 0 aromatic rings. The Morgan fingerprint density at radius 3 is 2.82 bits per heavy atom. The van der Waals surface area contributed by atoms with Gasteiger partial charge < -0.3 is 9.84 Å². The summed E-state index contributed by atoms with van der Waals surface area (Å²) in [6, 6.07) is 0. The summed E-state index contributed by atoms with van der Waals surface area (Å²) in [7, 11) is 1.51. The summed E-state index contributed by atoms with van der Waals surface area (Å²) in [5.41, 5.74) is 0. The van der Waals surface area contributed by atoms with E-state index in [1.54, 1.807) is 0 Å². The van der Waals surface area contributed by atoms with Crippen molar-refractivity contribution in [1.29, 1.82) is 0 Å². The minimum Gasteiger partial charge on any atom is -0.465 e. The summed E-state index contributed by atoms with van der Waals surface area (Å²) in [5.74, 6) is 2.25. The smallest absolute Gasteiger partial charge is 0.408 e. The zero-order valence-electron chi connectivity index (χ0n) is 6.41. The normalized spacial score (nSPS) is 8.73. The van der Waals surface area contributed by atoms with Gasteiger partial charge in [-0.2, -0.15) is 0 Å². The first kappa shape index (κ1) is 9.79. The average molecular weight is 157 g/mol. The summed E-state index contributed by atoms with van der Waals surface area (Å²) in [6.07, 6.45) is 3.93. The number of carboxylic acid groups (broad SMARTS) is 1. The van der Waals surface area contributed by atoms with Gasteiger partial charge in [-0.05, 0) is 0 Å². The van der Waals surface area contributed by atoms with Crippen molar-refractivity contribution in [3.8, 4) is 12.3 Å². The van der Waals surface area contributed by atoms with Crippen LogP contribution in [0.5, 0.6) is 0 Å². The molecular weight excluding hydrogens is 146 g/mol. The maximum absolute atomic E-state index is 10.4. The second kappa shape index (κ2) is 5.57. The lowest BCUT2D eigenvalue weighted by molar-refractivity contribution is 0.124. The molecule has 62 valence electrons. The van der Waals surface area contributed by atoms with Gasteiger partial charge in [0, 0.05) is 13.7 Å². The first-order valence-electron chi connectivity index (χ1n) is 3.12. The Morgan fingerprint density at radius 1 is 1.82 bits per heavy atom. The Bertz CT molecular complexity index is 162. The lowest BCUT2D eigenvalue weighted by Crippen LogP contribution is -2.32. The SMILES string of the molecule is C#CCN(CCOC)C(=O)O. The maximum Gasteiger partial charge on any atom is 0.408 e. The highest BCUT2D eigenvalue weighted by Gasteiger charge is 2.07. The molecule has 4 heteroatoms. The third-order valence-corrected chi connectivity index (χ3v) is 1.12. The zero-order valence-corrected chi connectivity index (χ0v) is 6.41. The molecule has 0 atom stereocenters. The molecule has 1 N–H and O–H groups in total. The van der Waals surface area contributed by atoms with Crippen LogP contribution < -0.4 is 0 Å². The van der Waals surface area contributed by atoms with E-state index in [0.29, 0.717) is 13.2 Å². The summed E-state index contributed by atoms with van der Waals surface area (Å²) in [6.45, 7) is 0.794. The summed E-state index contributed by atoms with van der Waals surface area (Å²) < 4.78 is 4.70. The highest BCUT2D eigenvalue weighted by atomic mass is 16.5. The summed E-state index contributed by atoms with van der Waals surface area (Å²) >= 11 is 0. The van der Waals surface area contributed by atoms with Crippen molar-refractivity contribution in [3.63, 3.8) is 0 Å². The van der Waals surface area contributed by atoms with E-state index in [0.717, 1.165) is 4.90 Å². The number of nitrogens with zero attached hydrogens (tertiary/aromatic N) is 1. The number of ether oxygens (including phenoxy) is 1. The van der Waals surface area contributed by atoms with Crippen LogP contribution in [0.25, 0.3) is 0 Å². The van der Waals surface area contributed by atoms with Crippen molar-refractivity contribution in [2.45, 2.75) is 0 Å². The molecule has 0 aromatic heterocycles. The van der Waals surface area contributed by atoms with Crippen LogP contribution in [0.15, 0.2) is 0 Å². The van der Waals surface area contributed by atoms with Gasteiger partial charge in [-0.15, -0.1) is 6.42 Å². The van der Waals surface area contributed by atoms with E-state index in [9.17, 15) is 4.79 Å². The number of methoxy groups -OCH3 is 1. The number of amides is 1. The van der Waals surface area contributed by atoms with Crippen molar-refractivity contribution in [2.75, 3.05) is 26.8 Å². The van der Waals surface area contributed by atoms with E-state index in [-0.39, 0.29) is 6.54 Å². The van der Waals surface area contributed by atoms with Crippen LogP contribution in [-0.2, 0) is 4.74 Å². The van der Waals surface area contributed by atoms with Crippen LogP contribution in [-0.4, -0.2) is 42.9 Å². The van der Waals surface area contributed by atoms with E-state index in [2.05, 4.69) is 5.92 Å². The van der Waals surface area contributed by atoms with Gasteiger partial charge in [0.15, 0.2) is 0 Å². The predicted molar refractivity (Wildman–Crippen MR) is 40.3 cm³/mol. The molecule has 0 saturated carbocycles. The van der Waals surface area contributed by atoms with Crippen LogP contribution >= 0.6 is 0 Å². The van der Waals surface area contributed by atoms with Gasteiger partial charge >= 0.3 is 6.09 Å². The van der Waals surface area contributed by atoms with Crippen LogP contribution in [0, 0.1) is 12.3 Å². The number of terminal acetylenes is 1. The van der Waals surface area contributed by atoms with Crippen molar-refractivity contribution in [3.05, 3.63) is 0 Å². The number of rotatable bonds is 4. The molecule has 0 saturated heterocycles. The Balaban J connectivity index is 3.72. The molecule has 0 aromatic carbocycles. The maximum atomic E-state index is 10.4. The fourth-order valence-corrected chi connectivity index (χ4v) is 0.554. The lowest BCUT2D eigenvalue weighted by atomic mass is 10.5. The zero-order chi connectivity index (χ0) is 8.69. The molecule has 0 fully saturated rings. The molecule has 0 radical (unpaired) electrons. The molecule has 0 aliphatic carbocycles. The summed E-state index contributed by atoms with van der Waals surface area (Å²) in [4.78, 5) is 11.5. The highest BCUT2D eigenvalue weighted by molar-refractivity contribution is 5.65. The standard InChI is InChI=1S/C7H11NO3/c1-3-4-8(7(9)10)5-6-11-2/h1H,4-6H2,2H3,(H,9,10). The number of carbonyl (C=O) groups is 1. The third-order valence-electron chi connectivity index (χ3n) is 1.12. The van der Waals surface area contributed by atoms with Crippen LogP contribution in [0.1, 0.15) is 0 Å². The Labute approximate surface area is 65.8 Å². The van der Waals surface area contributed by atoms with E-state index in [4.69, 9.17) is 16.3 Å². The van der Waals surface area contributed by atoms with Gasteiger partial charge in [-0.1, -0.05) is 5.92 Å². The van der Waals surface area contributed by atoms with E-state index < -0.39 is 6.09 Å². The molecule has 1 amide bonds. The van der Waals surface area contributed by atoms with Crippen LogP contribution in [0.3, 0.4) is 0 Å². The van der Waals surface area contributed by atoms with Crippen LogP contribution in [0.4, 0.5) is 4.79 Å². The number of hydrogen-bond acceptors (Lipinski definition) is 2. The molecule has 0 spiro atoms. The number of hydrogen-bond donors (Lipinski definition) is 1. The molecule has 0 unspecified atom stereocenters. The molecule has 11 heavy (non-hydrogen) atoms. The minimum atomic E-state index is -1.01. The Hall–Kier alpha value is -1.21. The molecular formula is C7H11NO3. The average Bonchev–Trinajstić information content (AvgIpc) is 1.97. The highest BCUT2D eigenvalue weighted by Crippen LogP contribution is 1.87. The van der Waals surface area contributed by atoms with E-state index >= 15 is 0 Å². The monoisotopic (exact) mass is 157 g/mol. The van der Waals surface area contributed by atoms with Crippen molar-refractivity contribution in [1.82, 2.24) is 4.90 Å². The van der Waals surface area contributed by atoms with Crippen LogP contribution in [0.2, 0.25) is 0 Å². The third kappa shape index (κ3) is 4.23.